The van der Waals surface area contributed by atoms with Gasteiger partial charge >= 0.3 is 0 Å². The maximum atomic E-state index is 13.4. The van der Waals surface area contributed by atoms with E-state index in [1.165, 1.54) is 5.56 Å². The van der Waals surface area contributed by atoms with E-state index in [2.05, 4.69) is 31.2 Å². The normalized spacial score (nSPS) is 11.2. The third-order valence-corrected chi connectivity index (χ3v) is 5.29. The Bertz CT molecular complexity index is 1270. The van der Waals surface area contributed by atoms with Crippen molar-refractivity contribution in [1.82, 2.24) is 4.98 Å². The van der Waals surface area contributed by atoms with Crippen LogP contribution in [-0.2, 0) is 0 Å². The van der Waals surface area contributed by atoms with Crippen LogP contribution in [0.25, 0.3) is 28.1 Å². The smallest absolute Gasteiger partial charge is 0.188 e. The minimum atomic E-state index is -0.0716. The molecule has 0 bridgehead atoms. The molecule has 0 aliphatic heterocycles. The fourth-order valence-corrected chi connectivity index (χ4v) is 3.81. The summed E-state index contributed by atoms with van der Waals surface area (Å²) in [6, 6.07) is 24.0. The number of pyridine rings is 1. The molecule has 0 aliphatic carbocycles. The molecule has 0 radical (unpaired) electrons. The molecule has 0 saturated carbocycles. The van der Waals surface area contributed by atoms with Crippen molar-refractivity contribution in [1.29, 1.82) is 0 Å². The molecule has 1 heterocycles. The summed E-state index contributed by atoms with van der Waals surface area (Å²) < 4.78 is 5.69. The van der Waals surface area contributed by atoms with Gasteiger partial charge in [0.05, 0.1) is 17.7 Å². The van der Waals surface area contributed by atoms with Gasteiger partial charge in [0.15, 0.2) is 5.78 Å². The molecule has 3 nitrogen and oxygen atoms in total. The number of carbonyl (C=O) groups excluding carboxylic acids is 1. The van der Waals surface area contributed by atoms with E-state index in [1.54, 1.807) is 6.08 Å². The summed E-state index contributed by atoms with van der Waals surface area (Å²) in [4.78, 5) is 18.2. The lowest BCUT2D eigenvalue weighted by Crippen LogP contribution is -2.05. The number of benzene rings is 3. The zero-order valence-corrected chi connectivity index (χ0v) is 18.1. The van der Waals surface area contributed by atoms with Crippen LogP contribution < -0.4 is 4.74 Å². The Balaban J connectivity index is 1.85. The van der Waals surface area contributed by atoms with E-state index in [0.29, 0.717) is 12.2 Å². The first-order valence-corrected chi connectivity index (χ1v) is 10.5. The Labute approximate surface area is 183 Å². The first kappa shape index (κ1) is 20.5. The summed E-state index contributed by atoms with van der Waals surface area (Å²) in [6.07, 6.45) is 3.44. The number of ether oxygens (including phenoxy) is 1. The van der Waals surface area contributed by atoms with Gasteiger partial charge in [0, 0.05) is 22.2 Å². The number of para-hydroxylation sites is 2. The highest BCUT2D eigenvalue weighted by atomic mass is 16.5. The van der Waals surface area contributed by atoms with Crippen LogP contribution in [0.1, 0.15) is 34.1 Å². The number of hydrogen-bond donors (Lipinski definition) is 0. The molecule has 154 valence electrons. The number of nitrogens with zero attached hydrogens (tertiary/aromatic N) is 1. The van der Waals surface area contributed by atoms with Crippen molar-refractivity contribution >= 4 is 22.8 Å². The molecule has 0 fully saturated rings. The van der Waals surface area contributed by atoms with E-state index >= 15 is 0 Å². The minimum Gasteiger partial charge on any atom is -0.493 e. The van der Waals surface area contributed by atoms with E-state index in [9.17, 15) is 4.79 Å². The topological polar surface area (TPSA) is 39.2 Å². The Morgan fingerprint density at radius 2 is 1.65 bits per heavy atom. The van der Waals surface area contributed by atoms with Gasteiger partial charge in [-0.25, -0.2) is 0 Å². The van der Waals surface area contributed by atoms with Crippen LogP contribution in [0.5, 0.6) is 5.75 Å². The Morgan fingerprint density at radius 1 is 0.935 bits per heavy atom. The molecule has 0 spiro atoms. The molecule has 0 saturated heterocycles. The number of aromatic nitrogens is 1. The predicted octanol–water partition coefficient (Wildman–Crippen LogP) is 6.81. The van der Waals surface area contributed by atoms with Crippen molar-refractivity contribution in [2.75, 3.05) is 6.61 Å². The van der Waals surface area contributed by atoms with Crippen LogP contribution in [0.4, 0.5) is 0 Å². The van der Waals surface area contributed by atoms with Crippen molar-refractivity contribution < 1.29 is 9.53 Å². The number of allylic oxidation sites excluding steroid dienone is 1. The van der Waals surface area contributed by atoms with E-state index in [1.807, 2.05) is 68.5 Å². The van der Waals surface area contributed by atoms with Gasteiger partial charge in [-0.1, -0.05) is 66.2 Å². The number of fused-ring (bicyclic) bond motifs is 1. The molecular formula is C28H25NO2. The largest absolute Gasteiger partial charge is 0.493 e. The molecule has 3 heteroatoms. The van der Waals surface area contributed by atoms with Crippen molar-refractivity contribution in [2.24, 2.45) is 0 Å². The van der Waals surface area contributed by atoms with Gasteiger partial charge in [-0.15, -0.1) is 0 Å². The molecule has 0 aliphatic rings. The van der Waals surface area contributed by atoms with Crippen LogP contribution in [0.15, 0.2) is 78.9 Å². The Hall–Kier alpha value is -3.72. The van der Waals surface area contributed by atoms with Crippen LogP contribution >= 0.6 is 0 Å². The lowest BCUT2D eigenvalue weighted by molar-refractivity contribution is 0.104. The van der Waals surface area contributed by atoms with E-state index in [4.69, 9.17) is 9.72 Å². The predicted molar refractivity (Wildman–Crippen MR) is 128 cm³/mol. The van der Waals surface area contributed by atoms with E-state index in [0.717, 1.165) is 39.0 Å². The summed E-state index contributed by atoms with van der Waals surface area (Å²) in [5, 5.41) is 0.975. The van der Waals surface area contributed by atoms with Gasteiger partial charge in [-0.3, -0.25) is 9.78 Å². The maximum absolute atomic E-state index is 13.4. The van der Waals surface area contributed by atoms with E-state index < -0.39 is 0 Å². The molecule has 0 unspecified atom stereocenters. The highest BCUT2D eigenvalue weighted by molar-refractivity contribution is 6.16. The minimum absolute atomic E-state index is 0.0716. The van der Waals surface area contributed by atoms with Crippen molar-refractivity contribution in [3.63, 3.8) is 0 Å². The standard InChI is InChI=1S/C28H25NO2/c1-4-31-26-12-8-5-9-21(26)17-18-25(30)27-20(3)29-24-11-7-6-10-23(24)28(27)22-15-13-19(2)14-16-22/h5-18H,4H2,1-3H3/b18-17+. The van der Waals surface area contributed by atoms with Gasteiger partial charge in [0.25, 0.3) is 0 Å². The number of hydrogen-bond acceptors (Lipinski definition) is 3. The number of carbonyl (C=O) groups is 1. The average Bonchev–Trinajstić information content (AvgIpc) is 2.78. The van der Waals surface area contributed by atoms with Gasteiger partial charge in [0.2, 0.25) is 0 Å². The third kappa shape index (κ3) is 4.26. The van der Waals surface area contributed by atoms with Gasteiger partial charge in [0.1, 0.15) is 5.75 Å². The molecule has 1 aromatic heterocycles. The van der Waals surface area contributed by atoms with Crippen molar-refractivity contribution in [3.05, 3.63) is 101 Å². The number of ketones is 1. The first-order valence-electron chi connectivity index (χ1n) is 10.5. The molecular weight excluding hydrogens is 382 g/mol. The average molecular weight is 408 g/mol. The van der Waals surface area contributed by atoms with Crippen LogP contribution in [0.2, 0.25) is 0 Å². The molecule has 3 aromatic carbocycles. The van der Waals surface area contributed by atoms with Crippen LogP contribution in [0, 0.1) is 13.8 Å². The highest BCUT2D eigenvalue weighted by Gasteiger charge is 2.19. The monoisotopic (exact) mass is 407 g/mol. The molecule has 31 heavy (non-hydrogen) atoms. The van der Waals surface area contributed by atoms with E-state index in [-0.39, 0.29) is 5.78 Å². The fraction of sp³-hybridized carbons (Fsp3) is 0.143. The van der Waals surface area contributed by atoms with Crippen LogP contribution in [0.3, 0.4) is 0 Å². The quantitative estimate of drug-likeness (QED) is 0.260. The zero-order chi connectivity index (χ0) is 21.8. The lowest BCUT2D eigenvalue weighted by Gasteiger charge is -2.14. The summed E-state index contributed by atoms with van der Waals surface area (Å²) in [7, 11) is 0. The number of rotatable bonds is 6. The lowest BCUT2D eigenvalue weighted by atomic mass is 9.91. The molecule has 0 N–H and O–H groups in total. The molecule has 4 rings (SSSR count). The Kier molecular flexibility index (Phi) is 5.94. The molecule has 0 atom stereocenters. The highest BCUT2D eigenvalue weighted by Crippen LogP contribution is 2.34. The second-order valence-corrected chi connectivity index (χ2v) is 7.50. The second-order valence-electron chi connectivity index (χ2n) is 7.50. The first-order chi connectivity index (χ1) is 15.1. The van der Waals surface area contributed by atoms with Crippen molar-refractivity contribution in [2.45, 2.75) is 20.8 Å². The number of aryl methyl sites for hydroxylation is 2. The summed E-state index contributed by atoms with van der Waals surface area (Å²) in [6.45, 7) is 6.48. The van der Waals surface area contributed by atoms with Gasteiger partial charge in [-0.2, -0.15) is 0 Å². The van der Waals surface area contributed by atoms with Crippen molar-refractivity contribution in [3.8, 4) is 16.9 Å². The Morgan fingerprint density at radius 3 is 2.42 bits per heavy atom. The van der Waals surface area contributed by atoms with Crippen LogP contribution in [-0.4, -0.2) is 17.4 Å². The SMILES string of the molecule is CCOc1ccccc1/C=C/C(=O)c1c(C)nc2ccccc2c1-c1ccc(C)cc1. The summed E-state index contributed by atoms with van der Waals surface area (Å²) in [5.74, 6) is 0.693. The maximum Gasteiger partial charge on any atom is 0.188 e. The second kappa shape index (κ2) is 8.97. The van der Waals surface area contributed by atoms with Gasteiger partial charge in [-0.05, 0) is 50.6 Å². The zero-order valence-electron chi connectivity index (χ0n) is 18.1. The third-order valence-electron chi connectivity index (χ3n) is 5.29. The fourth-order valence-electron chi connectivity index (χ4n) is 3.81. The molecule has 0 amide bonds. The molecule has 4 aromatic rings. The summed E-state index contributed by atoms with van der Waals surface area (Å²) >= 11 is 0. The summed E-state index contributed by atoms with van der Waals surface area (Å²) in [5.41, 5.74) is 6.24. The van der Waals surface area contributed by atoms with Gasteiger partial charge < -0.3 is 4.74 Å².